The van der Waals surface area contributed by atoms with Crippen LogP contribution in [0.4, 0.5) is 10.5 Å². The summed E-state index contributed by atoms with van der Waals surface area (Å²) < 4.78 is 5.52. The number of urea groups is 1. The van der Waals surface area contributed by atoms with E-state index in [-0.39, 0.29) is 11.4 Å². The van der Waals surface area contributed by atoms with Crippen LogP contribution in [0.1, 0.15) is 58.1 Å². The number of hydrogen-bond donors (Lipinski definition) is 0. The number of ether oxygens (including phenoxy) is 1. The van der Waals surface area contributed by atoms with Crippen molar-refractivity contribution in [2.45, 2.75) is 57.8 Å². The zero-order valence-electron chi connectivity index (χ0n) is 19.3. The van der Waals surface area contributed by atoms with Crippen molar-refractivity contribution in [3.05, 3.63) is 24.0 Å². The first kappa shape index (κ1) is 21.2. The molecule has 170 valence electrons. The van der Waals surface area contributed by atoms with Gasteiger partial charge in [-0.2, -0.15) is 0 Å². The minimum absolute atomic E-state index is 0.0828. The Hall–Kier alpha value is -1.66. The first-order valence-electron chi connectivity index (χ1n) is 12.3. The van der Waals surface area contributed by atoms with Crippen molar-refractivity contribution in [1.29, 1.82) is 0 Å². The molecule has 0 saturated carbocycles. The van der Waals surface area contributed by atoms with Gasteiger partial charge in [-0.3, -0.25) is 9.88 Å². The van der Waals surface area contributed by atoms with Gasteiger partial charge in [0.2, 0.25) is 0 Å². The van der Waals surface area contributed by atoms with Crippen LogP contribution in [0.3, 0.4) is 0 Å². The molecule has 0 bridgehead atoms. The Morgan fingerprint density at radius 3 is 2.48 bits per heavy atom. The molecule has 0 atom stereocenters. The second-order valence-electron chi connectivity index (χ2n) is 11.0. The lowest BCUT2D eigenvalue weighted by Crippen LogP contribution is -2.52. The molecule has 1 aromatic rings. The fourth-order valence-electron chi connectivity index (χ4n) is 6.21. The molecule has 31 heavy (non-hydrogen) atoms. The molecule has 6 nitrogen and oxygen atoms in total. The quantitative estimate of drug-likeness (QED) is 0.720. The predicted octanol–water partition coefficient (Wildman–Crippen LogP) is 3.90. The third-order valence-corrected chi connectivity index (χ3v) is 8.37. The smallest absolute Gasteiger partial charge is 0.324 e. The fourth-order valence-corrected chi connectivity index (χ4v) is 6.21. The van der Waals surface area contributed by atoms with Gasteiger partial charge in [-0.1, -0.05) is 13.8 Å². The fraction of sp³-hybridized carbons (Fsp3) is 0.760. The maximum absolute atomic E-state index is 13.4. The van der Waals surface area contributed by atoms with Crippen molar-refractivity contribution in [3.8, 4) is 0 Å². The van der Waals surface area contributed by atoms with Crippen molar-refractivity contribution in [2.75, 3.05) is 57.4 Å². The van der Waals surface area contributed by atoms with E-state index in [1.165, 1.54) is 45.3 Å². The highest BCUT2D eigenvalue weighted by Crippen LogP contribution is 2.43. The molecule has 1 spiro atoms. The number of fused-ring (bicyclic) bond motifs is 1. The zero-order chi connectivity index (χ0) is 21.5. The molecular weight excluding hydrogens is 388 g/mol. The highest BCUT2D eigenvalue weighted by Gasteiger charge is 2.43. The maximum atomic E-state index is 13.4. The number of rotatable bonds is 2. The van der Waals surface area contributed by atoms with E-state index in [4.69, 9.17) is 4.74 Å². The number of likely N-dealkylation sites (tertiary alicyclic amines) is 2. The molecule has 4 aliphatic rings. The molecular formula is C25H38N4O2. The Morgan fingerprint density at radius 2 is 1.77 bits per heavy atom. The van der Waals surface area contributed by atoms with Gasteiger partial charge < -0.3 is 14.5 Å². The SMILES string of the molecule is CC1(C)CN(C(=O)N2CCC3(CCN(CC4CCOCC4)CC3)CC2)c2cccnc21. The van der Waals surface area contributed by atoms with Gasteiger partial charge in [0.05, 0.1) is 11.4 Å². The zero-order valence-corrected chi connectivity index (χ0v) is 19.3. The number of carbonyl (C=O) groups excluding carboxylic acids is 1. The third kappa shape index (κ3) is 4.21. The molecule has 3 saturated heterocycles. The van der Waals surface area contributed by atoms with Gasteiger partial charge in [-0.25, -0.2) is 4.79 Å². The van der Waals surface area contributed by atoms with Crippen LogP contribution in [0.25, 0.3) is 0 Å². The van der Waals surface area contributed by atoms with Crippen molar-refractivity contribution in [1.82, 2.24) is 14.8 Å². The topological polar surface area (TPSA) is 48.9 Å². The maximum Gasteiger partial charge on any atom is 0.324 e. The van der Waals surface area contributed by atoms with E-state index in [1.54, 1.807) is 0 Å². The molecule has 0 radical (unpaired) electrons. The summed E-state index contributed by atoms with van der Waals surface area (Å²) in [6, 6.07) is 4.17. The third-order valence-electron chi connectivity index (χ3n) is 8.37. The monoisotopic (exact) mass is 426 g/mol. The van der Waals surface area contributed by atoms with E-state index in [0.717, 1.165) is 63.0 Å². The van der Waals surface area contributed by atoms with Gasteiger partial charge >= 0.3 is 6.03 Å². The van der Waals surface area contributed by atoms with Crippen molar-refractivity contribution in [2.24, 2.45) is 11.3 Å². The Balaban J connectivity index is 1.15. The lowest BCUT2D eigenvalue weighted by atomic mass is 9.71. The molecule has 0 unspecified atom stereocenters. The number of aromatic nitrogens is 1. The Kier molecular flexibility index (Phi) is 5.72. The van der Waals surface area contributed by atoms with Crippen LogP contribution in [0.5, 0.6) is 0 Å². The average Bonchev–Trinajstić information content (AvgIpc) is 3.07. The molecule has 0 N–H and O–H groups in total. The summed E-state index contributed by atoms with van der Waals surface area (Å²) in [4.78, 5) is 24.7. The Labute approximate surface area is 186 Å². The van der Waals surface area contributed by atoms with Crippen LogP contribution in [0.15, 0.2) is 18.3 Å². The summed E-state index contributed by atoms with van der Waals surface area (Å²) in [6.07, 6.45) is 9.19. The van der Waals surface area contributed by atoms with Crippen LogP contribution in [-0.4, -0.2) is 73.3 Å². The molecule has 2 amide bonds. The van der Waals surface area contributed by atoms with Gasteiger partial charge in [-0.15, -0.1) is 0 Å². The summed E-state index contributed by atoms with van der Waals surface area (Å²) in [7, 11) is 0. The molecule has 4 aliphatic heterocycles. The number of amides is 2. The van der Waals surface area contributed by atoms with Crippen molar-refractivity contribution in [3.63, 3.8) is 0 Å². The van der Waals surface area contributed by atoms with Crippen LogP contribution >= 0.6 is 0 Å². The van der Waals surface area contributed by atoms with E-state index in [9.17, 15) is 4.79 Å². The van der Waals surface area contributed by atoms with Crippen LogP contribution in [0, 0.1) is 11.3 Å². The minimum atomic E-state index is -0.0828. The molecule has 5 heterocycles. The van der Waals surface area contributed by atoms with E-state index in [0.29, 0.717) is 5.41 Å². The van der Waals surface area contributed by atoms with Crippen molar-refractivity contribution >= 4 is 11.7 Å². The van der Waals surface area contributed by atoms with Crippen LogP contribution in [-0.2, 0) is 10.2 Å². The molecule has 0 aliphatic carbocycles. The van der Waals surface area contributed by atoms with Gasteiger partial charge in [0.1, 0.15) is 0 Å². The number of carbonyl (C=O) groups is 1. The normalized spacial score (nSPS) is 26.3. The summed E-state index contributed by atoms with van der Waals surface area (Å²) in [5, 5.41) is 0. The number of hydrogen-bond acceptors (Lipinski definition) is 4. The molecule has 3 fully saturated rings. The highest BCUT2D eigenvalue weighted by molar-refractivity contribution is 5.94. The Bertz CT molecular complexity index is 786. The largest absolute Gasteiger partial charge is 0.381 e. The van der Waals surface area contributed by atoms with Gasteiger partial charge in [-0.05, 0) is 75.1 Å². The van der Waals surface area contributed by atoms with E-state index in [2.05, 4.69) is 34.7 Å². The van der Waals surface area contributed by atoms with E-state index >= 15 is 0 Å². The predicted molar refractivity (Wildman–Crippen MR) is 122 cm³/mol. The number of nitrogens with zero attached hydrogens (tertiary/aromatic N) is 4. The number of piperidine rings is 2. The first-order chi connectivity index (χ1) is 15.0. The number of anilines is 1. The highest BCUT2D eigenvalue weighted by atomic mass is 16.5. The first-order valence-corrected chi connectivity index (χ1v) is 12.3. The summed E-state index contributed by atoms with van der Waals surface area (Å²) in [5.74, 6) is 0.823. The standard InChI is InChI=1S/C25H38N4O2/c1-24(2)19-29(21-4-3-11-26-22(21)24)23(30)28-14-9-25(10-15-28)7-12-27(13-8-25)18-20-5-16-31-17-6-20/h3-4,11,20H,5-10,12-19H2,1-2H3. The molecule has 5 rings (SSSR count). The van der Waals surface area contributed by atoms with Crippen molar-refractivity contribution < 1.29 is 9.53 Å². The van der Waals surface area contributed by atoms with Gasteiger partial charge in [0, 0.05) is 51.0 Å². The molecule has 6 heteroatoms. The molecule has 0 aromatic carbocycles. The lowest BCUT2D eigenvalue weighted by molar-refractivity contribution is 0.0196. The Morgan fingerprint density at radius 1 is 1.10 bits per heavy atom. The summed E-state index contributed by atoms with van der Waals surface area (Å²) in [5.41, 5.74) is 2.42. The molecule has 1 aromatic heterocycles. The van der Waals surface area contributed by atoms with Crippen LogP contribution < -0.4 is 4.90 Å². The van der Waals surface area contributed by atoms with E-state index < -0.39 is 0 Å². The minimum Gasteiger partial charge on any atom is -0.381 e. The summed E-state index contributed by atoms with van der Waals surface area (Å²) in [6.45, 7) is 12.5. The average molecular weight is 427 g/mol. The van der Waals surface area contributed by atoms with E-state index in [1.807, 2.05) is 17.2 Å². The van der Waals surface area contributed by atoms with Gasteiger partial charge in [0.15, 0.2) is 0 Å². The second-order valence-corrected chi connectivity index (χ2v) is 11.0. The van der Waals surface area contributed by atoms with Gasteiger partial charge in [0.25, 0.3) is 0 Å². The second kappa shape index (κ2) is 8.36. The lowest BCUT2D eigenvalue weighted by Gasteiger charge is -2.48. The van der Waals surface area contributed by atoms with Crippen LogP contribution in [0.2, 0.25) is 0 Å². The summed E-state index contributed by atoms with van der Waals surface area (Å²) >= 11 is 0. The number of pyridine rings is 1.